The second-order valence-corrected chi connectivity index (χ2v) is 9.72. The summed E-state index contributed by atoms with van der Waals surface area (Å²) in [6.07, 6.45) is 6.91. The maximum Gasteiger partial charge on any atom is 0.146 e. The quantitative estimate of drug-likeness (QED) is 0.508. The maximum absolute atomic E-state index is 9.99. The van der Waals surface area contributed by atoms with Crippen molar-refractivity contribution in [2.24, 2.45) is 5.92 Å². The van der Waals surface area contributed by atoms with Crippen LogP contribution in [-0.4, -0.2) is 74.5 Å². The van der Waals surface area contributed by atoms with Crippen LogP contribution in [0, 0.1) is 5.92 Å². The lowest BCUT2D eigenvalue weighted by Gasteiger charge is -2.19. The van der Waals surface area contributed by atoms with Crippen molar-refractivity contribution < 1.29 is 24.6 Å². The molecule has 0 amide bonds. The van der Waals surface area contributed by atoms with Gasteiger partial charge in [-0.2, -0.15) is 23.5 Å². The van der Waals surface area contributed by atoms with Gasteiger partial charge in [0.1, 0.15) is 29.7 Å². The average Bonchev–Trinajstić information content (AvgIpc) is 3.39. The van der Waals surface area contributed by atoms with E-state index in [1.807, 2.05) is 17.8 Å². The predicted octanol–water partition coefficient (Wildman–Crippen LogP) is 2.27. The van der Waals surface area contributed by atoms with Crippen LogP contribution in [0.15, 0.2) is 24.3 Å². The highest BCUT2D eigenvalue weighted by Gasteiger charge is 2.17. The fourth-order valence-corrected chi connectivity index (χ4v) is 5.70. The maximum atomic E-state index is 9.99. The summed E-state index contributed by atoms with van der Waals surface area (Å²) in [7, 11) is 0. The minimum atomic E-state index is -0.261. The van der Waals surface area contributed by atoms with Gasteiger partial charge in [-0.25, -0.2) is 0 Å². The fraction of sp³-hybridized carbons (Fsp3) is 0.588. The highest BCUT2D eigenvalue weighted by molar-refractivity contribution is 8.06. The van der Waals surface area contributed by atoms with Gasteiger partial charge in [0.25, 0.3) is 0 Å². The molecule has 148 valence electrons. The highest BCUT2D eigenvalue weighted by atomic mass is 32.2. The van der Waals surface area contributed by atoms with Gasteiger partial charge in [-0.05, 0) is 23.8 Å². The largest absolute Gasteiger partial charge is 0.382 e. The Kier molecular flexibility index (Phi) is 18.1. The fourth-order valence-electron chi connectivity index (χ4n) is 1.63. The van der Waals surface area contributed by atoms with Crippen molar-refractivity contribution in [2.45, 2.75) is 17.3 Å². The monoisotopic (exact) mass is 438 g/mol. The number of carbonyl (C=O) groups excluding carboxylic acids is 3. The number of aliphatic hydroxyl groups is 2. The molecule has 3 atom stereocenters. The first-order valence-electron chi connectivity index (χ1n) is 7.97. The molecule has 3 rings (SSSR count). The van der Waals surface area contributed by atoms with Crippen molar-refractivity contribution in [3.8, 4) is 0 Å². The van der Waals surface area contributed by atoms with Crippen molar-refractivity contribution >= 4 is 65.9 Å². The summed E-state index contributed by atoms with van der Waals surface area (Å²) in [5.41, 5.74) is 0.428. The van der Waals surface area contributed by atoms with E-state index in [9.17, 15) is 9.59 Å². The van der Waals surface area contributed by atoms with Crippen molar-refractivity contribution in [3.05, 3.63) is 24.3 Å². The van der Waals surface area contributed by atoms with E-state index in [-0.39, 0.29) is 10.9 Å². The van der Waals surface area contributed by atoms with Crippen LogP contribution in [0.4, 0.5) is 0 Å². The van der Waals surface area contributed by atoms with Crippen molar-refractivity contribution in [3.63, 3.8) is 0 Å². The number of aldehydes is 3. The molecular formula is C17H26O5S4. The van der Waals surface area contributed by atoms with Crippen LogP contribution < -0.4 is 0 Å². The molecule has 0 aromatic heterocycles. The molecule has 26 heavy (non-hydrogen) atoms. The molecule has 5 nitrogen and oxygen atoms in total. The molecule has 3 heterocycles. The highest BCUT2D eigenvalue weighted by Crippen LogP contribution is 2.26. The lowest BCUT2D eigenvalue weighted by atomic mass is 10.2. The smallest absolute Gasteiger partial charge is 0.146 e. The molecule has 9 heteroatoms. The van der Waals surface area contributed by atoms with Gasteiger partial charge >= 0.3 is 0 Å². The normalized spacial score (nSPS) is 26.4. The summed E-state index contributed by atoms with van der Waals surface area (Å²) in [6.45, 7) is 3.11. The van der Waals surface area contributed by atoms with Gasteiger partial charge in [0.2, 0.25) is 0 Å². The summed E-state index contributed by atoms with van der Waals surface area (Å²) < 4.78 is 0. The zero-order chi connectivity index (χ0) is 19.6. The number of allylic oxidation sites excluding steroid dienone is 1. The van der Waals surface area contributed by atoms with Gasteiger partial charge in [-0.15, -0.1) is 23.5 Å². The molecule has 0 radical (unpaired) electrons. The van der Waals surface area contributed by atoms with Gasteiger partial charge in [0.15, 0.2) is 0 Å². The van der Waals surface area contributed by atoms with E-state index in [1.165, 1.54) is 35.4 Å². The van der Waals surface area contributed by atoms with Gasteiger partial charge < -0.3 is 15.0 Å². The second-order valence-electron chi connectivity index (χ2n) is 5.12. The molecule has 0 spiro atoms. The first-order chi connectivity index (χ1) is 12.6. The molecule has 0 bridgehead atoms. The molecular weight excluding hydrogens is 412 g/mol. The molecule has 2 saturated heterocycles. The van der Waals surface area contributed by atoms with Crippen molar-refractivity contribution in [1.82, 2.24) is 0 Å². The van der Waals surface area contributed by atoms with E-state index >= 15 is 0 Å². The van der Waals surface area contributed by atoms with Crippen LogP contribution in [0.3, 0.4) is 0 Å². The number of hydrogen-bond donors (Lipinski definition) is 2. The molecule has 3 unspecified atom stereocenters. The Morgan fingerprint density at radius 3 is 1.88 bits per heavy atom. The van der Waals surface area contributed by atoms with Crippen LogP contribution in [0.2, 0.25) is 0 Å². The first kappa shape index (κ1) is 25.8. The Balaban J connectivity index is 0.000000329. The molecule has 0 aliphatic carbocycles. The zero-order valence-electron chi connectivity index (χ0n) is 14.5. The Morgan fingerprint density at radius 1 is 1.04 bits per heavy atom. The lowest BCUT2D eigenvalue weighted by molar-refractivity contribution is -0.110. The number of thioether (sulfide) groups is 4. The predicted molar refractivity (Wildman–Crippen MR) is 116 cm³/mol. The van der Waals surface area contributed by atoms with Gasteiger partial charge in [0, 0.05) is 34.7 Å². The Hall–Kier alpha value is -0.190. The number of rotatable bonds is 3. The summed E-state index contributed by atoms with van der Waals surface area (Å²) >= 11 is 6.48. The molecule has 0 saturated carbocycles. The van der Waals surface area contributed by atoms with Gasteiger partial charge in [0.05, 0.1) is 0 Å². The molecule has 3 aliphatic heterocycles. The van der Waals surface area contributed by atoms with Crippen molar-refractivity contribution in [2.75, 3.05) is 34.5 Å². The van der Waals surface area contributed by atoms with E-state index in [0.717, 1.165) is 41.8 Å². The lowest BCUT2D eigenvalue weighted by Crippen LogP contribution is -2.19. The number of aliphatic hydroxyl groups excluding tert-OH is 2. The van der Waals surface area contributed by atoms with E-state index in [0.29, 0.717) is 23.7 Å². The van der Waals surface area contributed by atoms with E-state index < -0.39 is 0 Å². The Morgan fingerprint density at radius 2 is 1.65 bits per heavy atom. The SMILES string of the molecule is C=CC=O.O=CC1=CCSC1.O=CC1CCSC1.OC1CSC(O)CS1. The minimum absolute atomic E-state index is 0.261. The Labute approximate surface area is 172 Å². The number of carbonyl (C=O) groups is 3. The van der Waals surface area contributed by atoms with Crippen LogP contribution in [0.1, 0.15) is 6.42 Å². The van der Waals surface area contributed by atoms with Crippen LogP contribution in [0.5, 0.6) is 0 Å². The van der Waals surface area contributed by atoms with Crippen LogP contribution >= 0.6 is 47.0 Å². The summed E-state index contributed by atoms with van der Waals surface area (Å²) in [6, 6.07) is 0. The summed E-state index contributed by atoms with van der Waals surface area (Å²) in [4.78, 5) is 29.0. The van der Waals surface area contributed by atoms with Crippen molar-refractivity contribution in [1.29, 1.82) is 0 Å². The average molecular weight is 439 g/mol. The molecule has 2 fully saturated rings. The summed E-state index contributed by atoms with van der Waals surface area (Å²) in [5, 5.41) is 17.7. The molecule has 3 aliphatic rings. The van der Waals surface area contributed by atoms with Gasteiger partial charge in [-0.3, -0.25) is 9.59 Å². The standard InChI is InChI=1S/C5H8OS.C5H6OS.C4H8O2S2.C3H4O/c2*6-3-5-1-2-7-4-5;5-3-1-7-4(6)2-8-3;1-2-3-4/h3,5H,1-2,4H2;1,3H,2,4H2;3-6H,1-2H2;2-3H,1H2. The Bertz CT molecular complexity index is 415. The van der Waals surface area contributed by atoms with E-state index in [4.69, 9.17) is 15.0 Å². The third kappa shape index (κ3) is 14.9. The van der Waals surface area contributed by atoms with Crippen LogP contribution in [-0.2, 0) is 14.4 Å². The van der Waals surface area contributed by atoms with Gasteiger partial charge in [-0.1, -0.05) is 12.7 Å². The molecule has 2 N–H and O–H groups in total. The van der Waals surface area contributed by atoms with Crippen LogP contribution in [0.25, 0.3) is 0 Å². The third-order valence-corrected chi connectivity index (χ3v) is 7.67. The molecule has 0 aromatic rings. The molecule has 0 aromatic carbocycles. The van der Waals surface area contributed by atoms with E-state index in [1.54, 1.807) is 11.8 Å². The number of hydrogen-bond acceptors (Lipinski definition) is 9. The topological polar surface area (TPSA) is 91.7 Å². The second kappa shape index (κ2) is 18.2. The first-order valence-corrected chi connectivity index (χ1v) is 12.4. The zero-order valence-corrected chi connectivity index (χ0v) is 17.8. The minimum Gasteiger partial charge on any atom is -0.382 e. The van der Waals surface area contributed by atoms with E-state index in [2.05, 4.69) is 6.58 Å². The third-order valence-electron chi connectivity index (χ3n) is 3.00. The summed E-state index contributed by atoms with van der Waals surface area (Å²) in [5.74, 6) is 5.88.